The summed E-state index contributed by atoms with van der Waals surface area (Å²) in [4.78, 5) is 28.7. The topological polar surface area (TPSA) is 79.3 Å². The summed E-state index contributed by atoms with van der Waals surface area (Å²) in [5, 5.41) is 12.2. The summed E-state index contributed by atoms with van der Waals surface area (Å²) in [7, 11) is 0. The highest BCUT2D eigenvalue weighted by Crippen LogP contribution is 2.34. The largest absolute Gasteiger partial charge is 0.481 e. The minimum Gasteiger partial charge on any atom is -0.481 e. The van der Waals surface area contributed by atoms with Crippen LogP contribution in [0.25, 0.3) is 9.88 Å². The summed E-state index contributed by atoms with van der Waals surface area (Å²) in [6.07, 6.45) is 0.425. The normalized spacial score (nSPS) is 12.1. The van der Waals surface area contributed by atoms with Crippen LogP contribution in [-0.4, -0.2) is 28.0 Å². The maximum Gasteiger partial charge on any atom is 0.303 e. The van der Waals surface area contributed by atoms with E-state index in [2.05, 4.69) is 10.3 Å². The zero-order valence-electron chi connectivity index (χ0n) is 12.1. The predicted molar refractivity (Wildman–Crippen MR) is 89.0 cm³/mol. The second kappa shape index (κ2) is 7.21. The van der Waals surface area contributed by atoms with Crippen LogP contribution < -0.4 is 5.32 Å². The van der Waals surface area contributed by atoms with E-state index in [0.717, 1.165) is 9.88 Å². The molecule has 1 unspecified atom stereocenters. The van der Waals surface area contributed by atoms with Crippen LogP contribution >= 0.6 is 34.3 Å². The lowest BCUT2D eigenvalue weighted by Gasteiger charge is -2.11. The van der Waals surface area contributed by atoms with Gasteiger partial charge in [-0.25, -0.2) is 4.98 Å². The fraction of sp³-hybridized carbons (Fsp3) is 0.357. The molecule has 118 valence electrons. The lowest BCUT2D eigenvalue weighted by atomic mass is 10.2. The third kappa shape index (κ3) is 4.28. The van der Waals surface area contributed by atoms with Gasteiger partial charge >= 0.3 is 5.97 Å². The Kier molecular flexibility index (Phi) is 5.55. The molecule has 0 spiro atoms. The summed E-state index contributed by atoms with van der Waals surface area (Å²) in [5.41, 5.74) is 0.660. The molecule has 2 heterocycles. The van der Waals surface area contributed by atoms with Gasteiger partial charge in [0, 0.05) is 12.5 Å². The molecule has 8 heteroatoms. The molecule has 0 bridgehead atoms. The number of rotatable bonds is 6. The molecule has 2 rings (SSSR count). The van der Waals surface area contributed by atoms with Crippen molar-refractivity contribution < 1.29 is 14.7 Å². The second-order valence-corrected chi connectivity index (χ2v) is 7.56. The summed E-state index contributed by atoms with van der Waals surface area (Å²) in [6.45, 7) is 3.57. The van der Waals surface area contributed by atoms with Gasteiger partial charge in [0.15, 0.2) is 0 Å². The molecule has 0 saturated carbocycles. The Hall–Kier alpha value is -1.44. The number of nitrogens with zero attached hydrogens (tertiary/aromatic N) is 1. The molecule has 0 aliphatic rings. The number of carbonyl (C=O) groups excluding carboxylic acids is 1. The van der Waals surface area contributed by atoms with Crippen LogP contribution in [0, 0.1) is 6.92 Å². The number of hydrogen-bond donors (Lipinski definition) is 2. The average Bonchev–Trinajstić information content (AvgIpc) is 3.02. The minimum atomic E-state index is -0.869. The van der Waals surface area contributed by atoms with Crippen molar-refractivity contribution in [2.45, 2.75) is 32.7 Å². The SMILES string of the molecule is Cc1nc(-c2ccc(Cl)s2)sc1C(=O)NC(C)CCC(=O)O. The maximum absolute atomic E-state index is 12.3. The molecule has 0 aromatic carbocycles. The van der Waals surface area contributed by atoms with Crippen LogP contribution in [0.2, 0.25) is 4.34 Å². The predicted octanol–water partition coefficient (Wildman–Crippen LogP) is 3.82. The number of amides is 1. The molecular formula is C14H15ClN2O3S2. The van der Waals surface area contributed by atoms with E-state index in [1.807, 2.05) is 6.07 Å². The van der Waals surface area contributed by atoms with Crippen LogP contribution in [0.3, 0.4) is 0 Å². The molecule has 2 N–H and O–H groups in total. The number of halogens is 1. The zero-order valence-corrected chi connectivity index (χ0v) is 14.4. The number of hydrogen-bond acceptors (Lipinski definition) is 5. The van der Waals surface area contributed by atoms with Gasteiger partial charge in [-0.2, -0.15) is 0 Å². The Bertz CT molecular complexity index is 696. The second-order valence-electron chi connectivity index (χ2n) is 4.84. The van der Waals surface area contributed by atoms with Crippen LogP contribution in [-0.2, 0) is 4.79 Å². The first-order chi connectivity index (χ1) is 10.4. The van der Waals surface area contributed by atoms with E-state index in [1.54, 1.807) is 19.9 Å². The fourth-order valence-electron chi connectivity index (χ4n) is 1.84. The monoisotopic (exact) mass is 358 g/mol. The molecule has 0 aliphatic carbocycles. The molecule has 2 aromatic heterocycles. The third-order valence-corrected chi connectivity index (χ3v) is 5.51. The van der Waals surface area contributed by atoms with Crippen molar-refractivity contribution >= 4 is 46.2 Å². The van der Waals surface area contributed by atoms with Crippen molar-refractivity contribution in [1.82, 2.24) is 10.3 Å². The first-order valence-electron chi connectivity index (χ1n) is 6.62. The number of thiophene rings is 1. The van der Waals surface area contributed by atoms with E-state index in [-0.39, 0.29) is 18.4 Å². The lowest BCUT2D eigenvalue weighted by molar-refractivity contribution is -0.137. The van der Waals surface area contributed by atoms with Crippen molar-refractivity contribution in [3.05, 3.63) is 27.0 Å². The molecule has 0 radical (unpaired) electrons. The van der Waals surface area contributed by atoms with Crippen molar-refractivity contribution in [3.8, 4) is 9.88 Å². The molecule has 0 fully saturated rings. The lowest BCUT2D eigenvalue weighted by Crippen LogP contribution is -2.32. The van der Waals surface area contributed by atoms with E-state index in [4.69, 9.17) is 16.7 Å². The van der Waals surface area contributed by atoms with Crippen LogP contribution in [0.15, 0.2) is 12.1 Å². The quantitative estimate of drug-likeness (QED) is 0.822. The zero-order chi connectivity index (χ0) is 16.3. The maximum atomic E-state index is 12.3. The molecule has 2 aromatic rings. The van der Waals surface area contributed by atoms with E-state index >= 15 is 0 Å². The highest BCUT2D eigenvalue weighted by molar-refractivity contribution is 7.24. The fourth-order valence-corrected chi connectivity index (χ4v) is 3.91. The van der Waals surface area contributed by atoms with Crippen molar-refractivity contribution in [2.75, 3.05) is 0 Å². The first kappa shape index (κ1) is 16.9. The first-order valence-corrected chi connectivity index (χ1v) is 8.63. The Labute approximate surface area is 141 Å². The van der Waals surface area contributed by atoms with Crippen LogP contribution in [0.1, 0.15) is 35.1 Å². The van der Waals surface area contributed by atoms with E-state index in [9.17, 15) is 9.59 Å². The van der Waals surface area contributed by atoms with Gasteiger partial charge in [0.25, 0.3) is 5.91 Å². The number of nitrogens with one attached hydrogen (secondary N) is 1. The minimum absolute atomic E-state index is 0.0298. The number of carboxylic acid groups (broad SMARTS) is 1. The van der Waals surface area contributed by atoms with E-state index in [1.165, 1.54) is 22.7 Å². The van der Waals surface area contributed by atoms with E-state index < -0.39 is 5.97 Å². The molecule has 22 heavy (non-hydrogen) atoms. The number of aryl methyl sites for hydroxylation is 1. The van der Waals surface area contributed by atoms with Gasteiger partial charge in [-0.15, -0.1) is 22.7 Å². The molecule has 1 amide bonds. The smallest absolute Gasteiger partial charge is 0.303 e. The third-order valence-electron chi connectivity index (χ3n) is 2.96. The molecular weight excluding hydrogens is 344 g/mol. The summed E-state index contributed by atoms with van der Waals surface area (Å²) >= 11 is 8.65. The van der Waals surface area contributed by atoms with Crippen molar-refractivity contribution in [2.24, 2.45) is 0 Å². The number of aromatic nitrogens is 1. The Morgan fingerprint density at radius 3 is 2.73 bits per heavy atom. The van der Waals surface area contributed by atoms with Gasteiger partial charge in [-0.1, -0.05) is 11.6 Å². The van der Waals surface area contributed by atoms with Crippen LogP contribution in [0.4, 0.5) is 0 Å². The Morgan fingerprint density at radius 1 is 1.41 bits per heavy atom. The number of carbonyl (C=O) groups is 2. The van der Waals surface area contributed by atoms with E-state index in [0.29, 0.717) is 21.3 Å². The summed E-state index contributed by atoms with van der Waals surface area (Å²) < 4.78 is 0.677. The molecule has 0 aliphatic heterocycles. The molecule has 5 nitrogen and oxygen atoms in total. The van der Waals surface area contributed by atoms with Crippen molar-refractivity contribution in [1.29, 1.82) is 0 Å². The molecule has 1 atom stereocenters. The van der Waals surface area contributed by atoms with Gasteiger partial charge in [0.1, 0.15) is 9.88 Å². The Morgan fingerprint density at radius 2 is 2.14 bits per heavy atom. The number of carboxylic acids is 1. The Balaban J connectivity index is 2.07. The summed E-state index contributed by atoms with van der Waals surface area (Å²) in [6, 6.07) is 3.47. The van der Waals surface area contributed by atoms with Gasteiger partial charge in [-0.3, -0.25) is 9.59 Å². The number of thiazole rings is 1. The average molecular weight is 359 g/mol. The van der Waals surface area contributed by atoms with Gasteiger partial charge in [-0.05, 0) is 32.4 Å². The van der Waals surface area contributed by atoms with Crippen LogP contribution in [0.5, 0.6) is 0 Å². The highest BCUT2D eigenvalue weighted by atomic mass is 35.5. The standard InChI is InChI=1S/C14H15ClN2O3S2/c1-7(3-6-11(18)19)16-13(20)12-8(2)17-14(22-12)9-4-5-10(15)21-9/h4-5,7H,3,6H2,1-2H3,(H,16,20)(H,18,19). The van der Waals surface area contributed by atoms with Crippen molar-refractivity contribution in [3.63, 3.8) is 0 Å². The number of aliphatic carboxylic acids is 1. The summed E-state index contributed by atoms with van der Waals surface area (Å²) in [5.74, 6) is -1.09. The van der Waals surface area contributed by atoms with Gasteiger partial charge in [0.2, 0.25) is 0 Å². The molecule has 0 saturated heterocycles. The van der Waals surface area contributed by atoms with Gasteiger partial charge < -0.3 is 10.4 Å². The van der Waals surface area contributed by atoms with Gasteiger partial charge in [0.05, 0.1) is 14.9 Å². The highest BCUT2D eigenvalue weighted by Gasteiger charge is 2.18.